The summed E-state index contributed by atoms with van der Waals surface area (Å²) < 4.78 is 11.0. The average Bonchev–Trinajstić information content (AvgIpc) is 2.43. The van der Waals surface area contributed by atoms with E-state index in [9.17, 15) is 0 Å². The van der Waals surface area contributed by atoms with Crippen molar-refractivity contribution in [3.63, 3.8) is 0 Å². The van der Waals surface area contributed by atoms with Crippen LogP contribution in [0.25, 0.3) is 0 Å². The highest BCUT2D eigenvalue weighted by Gasteiger charge is 2.15. The SMILES string of the molecule is NCC(NCCCO)c1ccc2c(c1)OCCO2. The Morgan fingerprint density at radius 3 is 2.78 bits per heavy atom. The topological polar surface area (TPSA) is 76.7 Å². The van der Waals surface area contributed by atoms with Gasteiger partial charge in [0.15, 0.2) is 11.5 Å². The van der Waals surface area contributed by atoms with E-state index in [1.807, 2.05) is 18.2 Å². The fourth-order valence-electron chi connectivity index (χ4n) is 1.97. The summed E-state index contributed by atoms with van der Waals surface area (Å²) >= 11 is 0. The van der Waals surface area contributed by atoms with Gasteiger partial charge in [0, 0.05) is 19.2 Å². The second-order valence-corrected chi connectivity index (χ2v) is 4.22. The van der Waals surface area contributed by atoms with Crippen LogP contribution in [0.4, 0.5) is 0 Å². The van der Waals surface area contributed by atoms with E-state index >= 15 is 0 Å². The van der Waals surface area contributed by atoms with E-state index in [2.05, 4.69) is 5.32 Å². The van der Waals surface area contributed by atoms with Gasteiger partial charge >= 0.3 is 0 Å². The van der Waals surface area contributed by atoms with E-state index in [0.29, 0.717) is 19.8 Å². The highest BCUT2D eigenvalue weighted by atomic mass is 16.6. The molecule has 100 valence electrons. The maximum absolute atomic E-state index is 8.77. The Hall–Kier alpha value is -1.30. The molecule has 18 heavy (non-hydrogen) atoms. The van der Waals surface area contributed by atoms with E-state index in [1.54, 1.807) is 0 Å². The number of fused-ring (bicyclic) bond motifs is 1. The lowest BCUT2D eigenvalue weighted by atomic mass is 10.1. The van der Waals surface area contributed by atoms with Gasteiger partial charge in [0.2, 0.25) is 0 Å². The fraction of sp³-hybridized carbons (Fsp3) is 0.538. The molecule has 1 aromatic carbocycles. The van der Waals surface area contributed by atoms with Crippen molar-refractivity contribution in [1.82, 2.24) is 5.32 Å². The van der Waals surface area contributed by atoms with Crippen LogP contribution in [0.3, 0.4) is 0 Å². The zero-order valence-electron chi connectivity index (χ0n) is 10.4. The Balaban J connectivity index is 2.05. The van der Waals surface area contributed by atoms with Gasteiger partial charge in [-0.25, -0.2) is 0 Å². The molecule has 1 unspecified atom stereocenters. The number of hydrogen-bond acceptors (Lipinski definition) is 5. The van der Waals surface area contributed by atoms with Crippen LogP contribution in [0.15, 0.2) is 18.2 Å². The normalized spacial score (nSPS) is 15.4. The molecule has 0 aromatic heterocycles. The first-order valence-electron chi connectivity index (χ1n) is 6.29. The van der Waals surface area contributed by atoms with Crippen LogP contribution in [0.2, 0.25) is 0 Å². The summed E-state index contributed by atoms with van der Waals surface area (Å²) in [6.45, 7) is 2.62. The summed E-state index contributed by atoms with van der Waals surface area (Å²) in [6, 6.07) is 5.96. The first-order valence-corrected chi connectivity index (χ1v) is 6.29. The third kappa shape index (κ3) is 3.13. The van der Waals surface area contributed by atoms with Crippen LogP contribution in [-0.2, 0) is 0 Å². The number of nitrogens with one attached hydrogen (secondary N) is 1. The fourth-order valence-corrected chi connectivity index (χ4v) is 1.97. The molecule has 1 aromatic rings. The molecule has 0 bridgehead atoms. The zero-order valence-corrected chi connectivity index (χ0v) is 10.4. The zero-order chi connectivity index (χ0) is 12.8. The molecule has 1 aliphatic rings. The monoisotopic (exact) mass is 252 g/mol. The van der Waals surface area contributed by atoms with Crippen LogP contribution in [0.5, 0.6) is 11.5 Å². The van der Waals surface area contributed by atoms with Crippen molar-refractivity contribution in [2.45, 2.75) is 12.5 Å². The van der Waals surface area contributed by atoms with Crippen LogP contribution >= 0.6 is 0 Å². The van der Waals surface area contributed by atoms with Crippen LogP contribution < -0.4 is 20.5 Å². The molecule has 1 atom stereocenters. The third-order valence-corrected chi connectivity index (χ3v) is 2.93. The number of hydrogen-bond donors (Lipinski definition) is 3. The lowest BCUT2D eigenvalue weighted by Gasteiger charge is -2.22. The van der Waals surface area contributed by atoms with E-state index in [0.717, 1.165) is 30.0 Å². The molecule has 0 fully saturated rings. The molecular weight excluding hydrogens is 232 g/mol. The van der Waals surface area contributed by atoms with Gasteiger partial charge in [0.25, 0.3) is 0 Å². The second-order valence-electron chi connectivity index (χ2n) is 4.22. The molecular formula is C13H20N2O3. The van der Waals surface area contributed by atoms with Crippen molar-refractivity contribution in [3.8, 4) is 11.5 Å². The standard InChI is InChI=1S/C13H20N2O3/c14-9-11(15-4-1-5-16)10-2-3-12-13(8-10)18-7-6-17-12/h2-3,8,11,15-16H,1,4-7,9,14H2. The van der Waals surface area contributed by atoms with Crippen LogP contribution in [-0.4, -0.2) is 38.0 Å². The van der Waals surface area contributed by atoms with Gasteiger partial charge in [-0.1, -0.05) is 6.07 Å². The quantitative estimate of drug-likeness (QED) is 0.640. The first-order chi connectivity index (χ1) is 8.85. The lowest BCUT2D eigenvalue weighted by Crippen LogP contribution is -2.29. The maximum atomic E-state index is 8.77. The summed E-state index contributed by atoms with van der Waals surface area (Å²) in [5.74, 6) is 1.57. The van der Waals surface area contributed by atoms with Gasteiger partial charge in [-0.05, 0) is 30.7 Å². The molecule has 0 amide bonds. The number of aliphatic hydroxyl groups excluding tert-OH is 1. The molecule has 1 aliphatic heterocycles. The van der Waals surface area contributed by atoms with E-state index in [-0.39, 0.29) is 12.6 Å². The average molecular weight is 252 g/mol. The molecule has 0 aliphatic carbocycles. The van der Waals surface area contributed by atoms with Crippen molar-refractivity contribution >= 4 is 0 Å². The molecule has 5 heteroatoms. The second kappa shape index (κ2) is 6.58. The largest absolute Gasteiger partial charge is 0.486 e. The number of ether oxygens (including phenoxy) is 2. The minimum Gasteiger partial charge on any atom is -0.486 e. The molecule has 0 saturated heterocycles. The van der Waals surface area contributed by atoms with Gasteiger partial charge in [-0.2, -0.15) is 0 Å². The minimum atomic E-state index is 0.0763. The molecule has 1 heterocycles. The van der Waals surface area contributed by atoms with Crippen LogP contribution in [0.1, 0.15) is 18.0 Å². The van der Waals surface area contributed by atoms with E-state index in [1.165, 1.54) is 0 Å². The molecule has 0 saturated carbocycles. The first kappa shape index (κ1) is 13.1. The molecule has 5 nitrogen and oxygen atoms in total. The lowest BCUT2D eigenvalue weighted by molar-refractivity contribution is 0.171. The summed E-state index contributed by atoms with van der Waals surface area (Å²) in [6.07, 6.45) is 0.723. The Labute approximate surface area is 107 Å². The summed E-state index contributed by atoms with van der Waals surface area (Å²) in [7, 11) is 0. The van der Waals surface area contributed by atoms with Gasteiger partial charge in [-0.3, -0.25) is 0 Å². The Kier molecular flexibility index (Phi) is 4.81. The van der Waals surface area contributed by atoms with Crippen molar-refractivity contribution in [1.29, 1.82) is 0 Å². The highest BCUT2D eigenvalue weighted by molar-refractivity contribution is 5.44. The number of aliphatic hydroxyl groups is 1. The number of nitrogens with two attached hydrogens (primary N) is 1. The summed E-state index contributed by atoms with van der Waals surface area (Å²) in [5, 5.41) is 12.1. The minimum absolute atomic E-state index is 0.0763. The Morgan fingerprint density at radius 1 is 1.28 bits per heavy atom. The summed E-state index contributed by atoms with van der Waals surface area (Å²) in [4.78, 5) is 0. The smallest absolute Gasteiger partial charge is 0.161 e. The summed E-state index contributed by atoms with van der Waals surface area (Å²) in [5.41, 5.74) is 6.85. The molecule has 0 radical (unpaired) electrons. The highest BCUT2D eigenvalue weighted by Crippen LogP contribution is 2.32. The molecule has 2 rings (SSSR count). The predicted octanol–water partition coefficient (Wildman–Crippen LogP) is 0.430. The van der Waals surface area contributed by atoms with Gasteiger partial charge in [0.1, 0.15) is 13.2 Å². The van der Waals surface area contributed by atoms with E-state index in [4.69, 9.17) is 20.3 Å². The van der Waals surface area contributed by atoms with E-state index < -0.39 is 0 Å². The number of benzene rings is 1. The Bertz CT molecular complexity index is 384. The van der Waals surface area contributed by atoms with Gasteiger partial charge < -0.3 is 25.6 Å². The van der Waals surface area contributed by atoms with Crippen LogP contribution in [0, 0.1) is 0 Å². The van der Waals surface area contributed by atoms with Gasteiger partial charge in [0.05, 0.1) is 0 Å². The maximum Gasteiger partial charge on any atom is 0.161 e. The van der Waals surface area contributed by atoms with Crippen molar-refractivity contribution in [2.24, 2.45) is 5.73 Å². The number of rotatable bonds is 6. The van der Waals surface area contributed by atoms with Crippen molar-refractivity contribution in [2.75, 3.05) is 32.9 Å². The third-order valence-electron chi connectivity index (χ3n) is 2.93. The molecule has 4 N–H and O–H groups in total. The van der Waals surface area contributed by atoms with Crippen molar-refractivity contribution in [3.05, 3.63) is 23.8 Å². The Morgan fingerprint density at radius 2 is 2.06 bits per heavy atom. The predicted molar refractivity (Wildman–Crippen MR) is 68.9 cm³/mol. The van der Waals surface area contributed by atoms with Gasteiger partial charge in [-0.15, -0.1) is 0 Å². The van der Waals surface area contributed by atoms with Crippen molar-refractivity contribution < 1.29 is 14.6 Å². The molecule has 0 spiro atoms.